The Morgan fingerprint density at radius 2 is 2.07 bits per heavy atom. The maximum Gasteiger partial charge on any atom is 0.158 e. The molecule has 0 amide bonds. The molecule has 0 radical (unpaired) electrons. The van der Waals surface area contributed by atoms with Crippen LogP contribution >= 0.6 is 0 Å². The van der Waals surface area contributed by atoms with Crippen molar-refractivity contribution >= 4 is 16.9 Å². The first-order valence-electron chi connectivity index (χ1n) is 14.0. The lowest BCUT2D eigenvalue weighted by molar-refractivity contribution is -0.119. The van der Waals surface area contributed by atoms with Gasteiger partial charge in [0, 0.05) is 29.4 Å². The van der Waals surface area contributed by atoms with Crippen LogP contribution < -0.4 is 5.32 Å². The van der Waals surface area contributed by atoms with Crippen LogP contribution in [0.3, 0.4) is 0 Å². The molecule has 208 valence electrons. The summed E-state index contributed by atoms with van der Waals surface area (Å²) in [5.74, 6) is 0.177. The Hall–Kier alpha value is -4.62. The summed E-state index contributed by atoms with van der Waals surface area (Å²) in [5, 5.41) is 15.2. The van der Waals surface area contributed by atoms with E-state index < -0.39 is 0 Å². The van der Waals surface area contributed by atoms with Crippen molar-refractivity contribution in [1.82, 2.24) is 30.3 Å². The standard InChI is InChI=1S/C34H36N6O/c1-4-27(30-20-37-40(22-30)23-31(41)18-26-9-7-16-35-17-15-26)19-29-11-6-10-28(14-13-24(29)2)32-21-36-39-34(32)33-12-5-8-25(3)38-33/h4-6,8-14,19-22,35H,2,7,15-18,23H2,1,3H3,(H,36,39)/b11-6+,14-13-,27-4+,28-10-,29-19-. The van der Waals surface area contributed by atoms with E-state index in [1.807, 2.05) is 62.8 Å². The average molecular weight is 545 g/mol. The van der Waals surface area contributed by atoms with Crippen LogP contribution in [0.25, 0.3) is 22.5 Å². The molecule has 2 N–H and O–H groups in total. The number of allylic oxidation sites excluding steroid dienone is 11. The maximum absolute atomic E-state index is 12.7. The predicted octanol–water partition coefficient (Wildman–Crippen LogP) is 6.34. The minimum Gasteiger partial charge on any atom is -0.316 e. The first kappa shape index (κ1) is 27.9. The van der Waals surface area contributed by atoms with Crippen molar-refractivity contribution in [2.75, 3.05) is 13.1 Å². The van der Waals surface area contributed by atoms with Gasteiger partial charge >= 0.3 is 0 Å². The number of carbonyl (C=O) groups is 1. The normalized spacial score (nSPS) is 20.0. The number of nitrogens with zero attached hydrogens (tertiary/aromatic N) is 4. The van der Waals surface area contributed by atoms with E-state index in [0.717, 1.165) is 76.4 Å². The molecule has 0 fully saturated rings. The van der Waals surface area contributed by atoms with Gasteiger partial charge in [-0.05, 0) is 80.3 Å². The number of Topliss-reactive ketones (excluding diaryl/α,β-unsaturated/α-hetero) is 1. The highest BCUT2D eigenvalue weighted by molar-refractivity contribution is 5.85. The van der Waals surface area contributed by atoms with E-state index in [1.54, 1.807) is 4.68 Å². The highest BCUT2D eigenvalue weighted by atomic mass is 16.1. The van der Waals surface area contributed by atoms with Crippen LogP contribution in [0.1, 0.15) is 43.0 Å². The zero-order valence-electron chi connectivity index (χ0n) is 23.7. The summed E-state index contributed by atoms with van der Waals surface area (Å²) in [6.45, 7) is 10.5. The molecule has 0 atom stereocenters. The zero-order valence-corrected chi connectivity index (χ0v) is 23.7. The first-order chi connectivity index (χ1) is 20.0. The Bertz CT molecular complexity index is 1620. The molecule has 1 aliphatic carbocycles. The summed E-state index contributed by atoms with van der Waals surface area (Å²) < 4.78 is 1.73. The van der Waals surface area contributed by atoms with Crippen LogP contribution in [-0.2, 0) is 11.3 Å². The lowest BCUT2D eigenvalue weighted by Gasteiger charge is -2.09. The highest BCUT2D eigenvalue weighted by Crippen LogP contribution is 2.29. The van der Waals surface area contributed by atoms with Crippen molar-refractivity contribution in [3.63, 3.8) is 0 Å². The quantitative estimate of drug-likeness (QED) is 0.323. The molecule has 0 spiro atoms. The Morgan fingerprint density at radius 1 is 1.17 bits per heavy atom. The van der Waals surface area contributed by atoms with Gasteiger partial charge in [0.05, 0.1) is 30.3 Å². The Kier molecular flexibility index (Phi) is 8.96. The van der Waals surface area contributed by atoms with Gasteiger partial charge in [0.1, 0.15) is 0 Å². The number of aromatic nitrogens is 5. The maximum atomic E-state index is 12.7. The van der Waals surface area contributed by atoms with E-state index in [9.17, 15) is 4.79 Å². The van der Waals surface area contributed by atoms with Gasteiger partial charge in [0.2, 0.25) is 0 Å². The molecule has 7 nitrogen and oxygen atoms in total. The number of ketones is 1. The lowest BCUT2D eigenvalue weighted by Crippen LogP contribution is -2.15. The number of H-pyrrole nitrogens is 1. The summed E-state index contributed by atoms with van der Waals surface area (Å²) in [6.07, 6.45) is 24.6. The molecular formula is C34H36N6O. The number of nitrogens with one attached hydrogen (secondary N) is 2. The third kappa shape index (κ3) is 7.13. The van der Waals surface area contributed by atoms with Crippen molar-refractivity contribution in [3.8, 4) is 11.4 Å². The van der Waals surface area contributed by atoms with Crippen LogP contribution in [0.15, 0.2) is 109 Å². The van der Waals surface area contributed by atoms with E-state index >= 15 is 0 Å². The molecule has 0 unspecified atom stereocenters. The fourth-order valence-corrected chi connectivity index (χ4v) is 5.01. The Morgan fingerprint density at radius 3 is 2.93 bits per heavy atom. The molecule has 41 heavy (non-hydrogen) atoms. The van der Waals surface area contributed by atoms with Crippen LogP contribution in [0.4, 0.5) is 0 Å². The van der Waals surface area contributed by atoms with Crippen molar-refractivity contribution in [3.05, 3.63) is 126 Å². The molecule has 0 aromatic carbocycles. The van der Waals surface area contributed by atoms with Crippen LogP contribution in [0.2, 0.25) is 0 Å². The summed E-state index contributed by atoms with van der Waals surface area (Å²) in [6, 6.07) is 5.96. The van der Waals surface area contributed by atoms with E-state index in [2.05, 4.69) is 68.6 Å². The molecule has 0 bridgehead atoms. The van der Waals surface area contributed by atoms with Crippen LogP contribution in [0, 0.1) is 6.92 Å². The molecule has 7 heteroatoms. The van der Waals surface area contributed by atoms with E-state index in [-0.39, 0.29) is 12.3 Å². The van der Waals surface area contributed by atoms with Gasteiger partial charge in [0.25, 0.3) is 0 Å². The highest BCUT2D eigenvalue weighted by Gasteiger charge is 2.14. The van der Waals surface area contributed by atoms with Gasteiger partial charge in [0.15, 0.2) is 5.78 Å². The second-order valence-corrected chi connectivity index (χ2v) is 10.3. The van der Waals surface area contributed by atoms with E-state index in [0.29, 0.717) is 6.42 Å². The first-order valence-corrected chi connectivity index (χ1v) is 14.0. The summed E-state index contributed by atoms with van der Waals surface area (Å²) in [4.78, 5) is 17.4. The van der Waals surface area contributed by atoms with E-state index in [4.69, 9.17) is 0 Å². The average Bonchev–Trinajstić information content (AvgIpc) is 3.55. The predicted molar refractivity (Wildman–Crippen MR) is 166 cm³/mol. The number of aryl methyl sites for hydroxylation is 1. The minimum absolute atomic E-state index is 0.177. The molecule has 1 aliphatic heterocycles. The van der Waals surface area contributed by atoms with Crippen LogP contribution in [0.5, 0.6) is 0 Å². The summed E-state index contributed by atoms with van der Waals surface area (Å²) >= 11 is 0. The third-order valence-corrected chi connectivity index (χ3v) is 7.21. The van der Waals surface area contributed by atoms with E-state index in [1.165, 1.54) is 5.57 Å². The van der Waals surface area contributed by atoms with Gasteiger partial charge in [-0.25, -0.2) is 0 Å². The van der Waals surface area contributed by atoms with Gasteiger partial charge in [-0.15, -0.1) is 0 Å². The topological polar surface area (TPSA) is 88.5 Å². The fraction of sp³-hybridized carbons (Fsp3) is 0.235. The number of carbonyl (C=O) groups excluding carboxylic acids is 1. The molecule has 5 rings (SSSR count). The number of pyridine rings is 1. The third-order valence-electron chi connectivity index (χ3n) is 7.21. The van der Waals surface area contributed by atoms with Crippen molar-refractivity contribution in [2.24, 2.45) is 0 Å². The Labute approximate surface area is 241 Å². The molecule has 3 aromatic heterocycles. The molecule has 4 heterocycles. The van der Waals surface area contributed by atoms with Gasteiger partial charge in [-0.2, -0.15) is 10.2 Å². The molecule has 0 saturated heterocycles. The number of aromatic amines is 1. The fourth-order valence-electron chi connectivity index (χ4n) is 5.01. The number of hydrogen-bond acceptors (Lipinski definition) is 5. The van der Waals surface area contributed by atoms with Crippen molar-refractivity contribution < 1.29 is 4.79 Å². The molecule has 0 saturated carbocycles. The summed E-state index contributed by atoms with van der Waals surface area (Å²) in [7, 11) is 0. The molecular weight excluding hydrogens is 508 g/mol. The van der Waals surface area contributed by atoms with Crippen molar-refractivity contribution in [2.45, 2.75) is 39.7 Å². The lowest BCUT2D eigenvalue weighted by atomic mass is 9.96. The molecule has 2 aliphatic rings. The van der Waals surface area contributed by atoms with Gasteiger partial charge < -0.3 is 5.32 Å². The summed E-state index contributed by atoms with van der Waals surface area (Å²) in [5.41, 5.74) is 9.77. The van der Waals surface area contributed by atoms with Gasteiger partial charge in [-0.1, -0.05) is 60.8 Å². The largest absolute Gasteiger partial charge is 0.316 e. The van der Waals surface area contributed by atoms with Crippen molar-refractivity contribution in [1.29, 1.82) is 0 Å². The minimum atomic E-state index is 0.177. The zero-order chi connectivity index (χ0) is 28.6. The van der Waals surface area contributed by atoms with Crippen LogP contribution in [-0.4, -0.2) is 43.8 Å². The molecule has 3 aromatic rings. The monoisotopic (exact) mass is 544 g/mol. The number of hydrogen-bond donors (Lipinski definition) is 2. The van der Waals surface area contributed by atoms with Gasteiger partial charge in [-0.3, -0.25) is 19.6 Å². The second kappa shape index (κ2) is 13.2. The smallest absolute Gasteiger partial charge is 0.158 e. The Balaban J connectivity index is 1.30. The second-order valence-electron chi connectivity index (χ2n) is 10.3. The number of rotatable bonds is 8. The SMILES string of the molecule is C=C1\C=C/C(c2cn[nH]c2-c2cccc(C)n2)=C/C=C/C1=C/C(=C\C)c1cnn(CC(=O)CC2=CCCNCC2)c1.